The average Bonchev–Trinajstić information content (AvgIpc) is 2.61. The van der Waals surface area contributed by atoms with E-state index in [1.165, 1.54) is 4.68 Å². The first kappa shape index (κ1) is 11.6. The molecule has 0 spiro atoms. The van der Waals surface area contributed by atoms with Gasteiger partial charge in [-0.05, 0) is 16.8 Å². The van der Waals surface area contributed by atoms with Crippen molar-refractivity contribution in [3.63, 3.8) is 0 Å². The van der Waals surface area contributed by atoms with Crippen molar-refractivity contribution in [2.75, 3.05) is 13.6 Å². The summed E-state index contributed by atoms with van der Waals surface area (Å²) < 4.78 is 1.52. The molecule has 0 aliphatic heterocycles. The highest BCUT2D eigenvalue weighted by Gasteiger charge is 2.12. The molecule has 0 aliphatic carbocycles. The summed E-state index contributed by atoms with van der Waals surface area (Å²) >= 11 is 0. The third kappa shape index (κ3) is 3.30. The molecule has 0 aliphatic rings. The minimum Gasteiger partial charge on any atom is -0.345 e. The van der Waals surface area contributed by atoms with E-state index in [-0.39, 0.29) is 12.3 Å². The Bertz CT molecular complexity index is 322. The summed E-state index contributed by atoms with van der Waals surface area (Å²) in [5, 5.41) is 10.9. The number of carbonyl (C=O) groups is 1. The van der Waals surface area contributed by atoms with Gasteiger partial charge >= 0.3 is 0 Å². The molecule has 0 saturated carbocycles. The van der Waals surface area contributed by atoms with Gasteiger partial charge in [-0.25, -0.2) is 4.68 Å². The van der Waals surface area contributed by atoms with Gasteiger partial charge < -0.3 is 4.90 Å². The average molecular weight is 211 g/mol. The van der Waals surface area contributed by atoms with Crippen molar-refractivity contribution >= 4 is 5.91 Å². The van der Waals surface area contributed by atoms with E-state index in [1.807, 2.05) is 7.05 Å². The Balaban J connectivity index is 2.45. The lowest BCUT2D eigenvalue weighted by Crippen LogP contribution is -2.30. The van der Waals surface area contributed by atoms with Crippen molar-refractivity contribution < 1.29 is 4.79 Å². The molecule has 0 saturated heterocycles. The van der Waals surface area contributed by atoms with Crippen molar-refractivity contribution in [2.24, 2.45) is 7.05 Å². The molecule has 0 bridgehead atoms. The van der Waals surface area contributed by atoms with Gasteiger partial charge in [0.2, 0.25) is 5.91 Å². The van der Waals surface area contributed by atoms with Crippen LogP contribution in [0, 0.1) is 0 Å². The fourth-order valence-corrected chi connectivity index (χ4v) is 1.19. The van der Waals surface area contributed by atoms with Crippen LogP contribution in [0.4, 0.5) is 0 Å². The minimum atomic E-state index is 0.0568. The highest BCUT2D eigenvalue weighted by molar-refractivity contribution is 5.77. The summed E-state index contributed by atoms with van der Waals surface area (Å²) in [6.07, 6.45) is 2.38. The molecule has 0 fully saturated rings. The van der Waals surface area contributed by atoms with Crippen LogP contribution in [-0.2, 0) is 18.3 Å². The van der Waals surface area contributed by atoms with Crippen molar-refractivity contribution in [3.8, 4) is 0 Å². The number of nitrogens with zero attached hydrogens (tertiary/aromatic N) is 5. The molecule has 15 heavy (non-hydrogen) atoms. The fourth-order valence-electron chi connectivity index (χ4n) is 1.19. The van der Waals surface area contributed by atoms with Crippen LogP contribution in [0.5, 0.6) is 0 Å². The Morgan fingerprint density at radius 2 is 2.27 bits per heavy atom. The second-order valence-corrected chi connectivity index (χ2v) is 3.56. The smallest absolute Gasteiger partial charge is 0.230 e. The van der Waals surface area contributed by atoms with Crippen LogP contribution >= 0.6 is 0 Å². The third-order valence-corrected chi connectivity index (χ3v) is 2.29. The quantitative estimate of drug-likeness (QED) is 0.688. The Morgan fingerprint density at radius 1 is 1.53 bits per heavy atom. The van der Waals surface area contributed by atoms with Crippen molar-refractivity contribution in [1.82, 2.24) is 25.1 Å². The van der Waals surface area contributed by atoms with Crippen LogP contribution < -0.4 is 0 Å². The summed E-state index contributed by atoms with van der Waals surface area (Å²) in [5.74, 6) is 0.657. The van der Waals surface area contributed by atoms with Gasteiger partial charge in [0.1, 0.15) is 0 Å². The number of aryl methyl sites for hydroxylation is 1. The lowest BCUT2D eigenvalue weighted by molar-refractivity contribution is -0.129. The van der Waals surface area contributed by atoms with Gasteiger partial charge in [0, 0.05) is 20.6 Å². The van der Waals surface area contributed by atoms with Crippen LogP contribution in [0.2, 0.25) is 0 Å². The van der Waals surface area contributed by atoms with Crippen LogP contribution in [0.1, 0.15) is 25.6 Å². The first-order valence-electron chi connectivity index (χ1n) is 5.10. The van der Waals surface area contributed by atoms with E-state index in [2.05, 4.69) is 22.4 Å². The lowest BCUT2D eigenvalue weighted by Gasteiger charge is -2.15. The zero-order valence-corrected chi connectivity index (χ0v) is 9.47. The van der Waals surface area contributed by atoms with Gasteiger partial charge in [0.05, 0.1) is 6.42 Å². The maximum Gasteiger partial charge on any atom is 0.230 e. The van der Waals surface area contributed by atoms with Gasteiger partial charge in [0.25, 0.3) is 0 Å². The van der Waals surface area contributed by atoms with Crippen LogP contribution in [0.25, 0.3) is 0 Å². The number of carbonyl (C=O) groups excluding carboxylic acids is 1. The van der Waals surface area contributed by atoms with Crippen molar-refractivity contribution in [1.29, 1.82) is 0 Å². The fraction of sp³-hybridized carbons (Fsp3) is 0.778. The van der Waals surface area contributed by atoms with Gasteiger partial charge in [-0.1, -0.05) is 13.3 Å². The number of tetrazole rings is 1. The Kier molecular flexibility index (Phi) is 4.20. The summed E-state index contributed by atoms with van der Waals surface area (Å²) in [4.78, 5) is 13.4. The van der Waals surface area contributed by atoms with Gasteiger partial charge in [-0.3, -0.25) is 4.79 Å². The van der Waals surface area contributed by atoms with Gasteiger partial charge in [-0.2, -0.15) is 0 Å². The lowest BCUT2D eigenvalue weighted by atomic mass is 10.3. The molecule has 6 nitrogen and oxygen atoms in total. The monoisotopic (exact) mass is 211 g/mol. The molecule has 1 aromatic rings. The number of unbranched alkanes of at least 4 members (excludes halogenated alkanes) is 1. The number of likely N-dealkylation sites (N-methyl/N-ethyl adjacent to an activating group) is 1. The zero-order chi connectivity index (χ0) is 11.3. The summed E-state index contributed by atoms with van der Waals surface area (Å²) in [6.45, 7) is 2.89. The standard InChI is InChI=1S/C9H17N5O/c1-4-5-6-13(2)9(15)7-8-10-11-12-14(8)3/h4-7H2,1-3H3. The second kappa shape index (κ2) is 5.43. The van der Waals surface area contributed by atoms with Gasteiger partial charge in [0.15, 0.2) is 5.82 Å². The Labute approximate surface area is 89.3 Å². The molecule has 1 aromatic heterocycles. The molecule has 0 radical (unpaired) electrons. The third-order valence-electron chi connectivity index (χ3n) is 2.29. The van der Waals surface area contributed by atoms with E-state index in [0.29, 0.717) is 5.82 Å². The normalized spacial score (nSPS) is 10.3. The number of amides is 1. The molecule has 1 amide bonds. The van der Waals surface area contributed by atoms with Crippen molar-refractivity contribution in [3.05, 3.63) is 5.82 Å². The zero-order valence-electron chi connectivity index (χ0n) is 9.47. The molecule has 1 rings (SSSR count). The SMILES string of the molecule is CCCCN(C)C(=O)Cc1nnnn1C. The number of hydrogen-bond acceptors (Lipinski definition) is 4. The van der Waals surface area contributed by atoms with Gasteiger partial charge in [-0.15, -0.1) is 5.10 Å². The topological polar surface area (TPSA) is 63.9 Å². The van der Waals surface area contributed by atoms with Crippen LogP contribution in [0.15, 0.2) is 0 Å². The maximum absolute atomic E-state index is 11.7. The molecule has 1 heterocycles. The highest BCUT2D eigenvalue weighted by Crippen LogP contribution is 1.98. The number of rotatable bonds is 5. The van der Waals surface area contributed by atoms with E-state index in [0.717, 1.165) is 19.4 Å². The van der Waals surface area contributed by atoms with E-state index in [9.17, 15) is 4.79 Å². The summed E-state index contributed by atoms with van der Waals surface area (Å²) in [6, 6.07) is 0. The van der Waals surface area contributed by atoms with E-state index in [4.69, 9.17) is 0 Å². The number of hydrogen-bond donors (Lipinski definition) is 0. The molecule has 0 atom stereocenters. The Hall–Kier alpha value is -1.46. The predicted octanol–water partition coefficient (Wildman–Crippen LogP) is 0.0111. The summed E-state index contributed by atoms with van der Waals surface area (Å²) in [7, 11) is 3.54. The largest absolute Gasteiger partial charge is 0.345 e. The predicted molar refractivity (Wildman–Crippen MR) is 55.0 cm³/mol. The Morgan fingerprint density at radius 3 is 2.80 bits per heavy atom. The van der Waals surface area contributed by atoms with E-state index < -0.39 is 0 Å². The van der Waals surface area contributed by atoms with Crippen molar-refractivity contribution in [2.45, 2.75) is 26.2 Å². The van der Waals surface area contributed by atoms with Crippen LogP contribution in [0.3, 0.4) is 0 Å². The summed E-state index contributed by atoms with van der Waals surface area (Å²) in [5.41, 5.74) is 0. The second-order valence-electron chi connectivity index (χ2n) is 3.56. The molecule has 6 heteroatoms. The van der Waals surface area contributed by atoms with E-state index in [1.54, 1.807) is 11.9 Å². The minimum absolute atomic E-state index is 0.0568. The first-order valence-corrected chi connectivity index (χ1v) is 5.10. The first-order chi connectivity index (χ1) is 7.15. The number of aromatic nitrogens is 4. The van der Waals surface area contributed by atoms with E-state index >= 15 is 0 Å². The maximum atomic E-state index is 11.7. The molecule has 0 unspecified atom stereocenters. The van der Waals surface area contributed by atoms with Crippen LogP contribution in [-0.4, -0.2) is 44.6 Å². The molecular formula is C9H17N5O. The highest BCUT2D eigenvalue weighted by atomic mass is 16.2. The molecule has 0 aromatic carbocycles. The molecule has 84 valence electrons. The molecule has 0 N–H and O–H groups in total. The molecular weight excluding hydrogens is 194 g/mol.